The summed E-state index contributed by atoms with van der Waals surface area (Å²) in [5.74, 6) is -0.323. The van der Waals surface area contributed by atoms with E-state index in [9.17, 15) is 9.59 Å². The number of hydrogen-bond donors (Lipinski definition) is 2. The fourth-order valence-electron chi connectivity index (χ4n) is 1.06. The predicted molar refractivity (Wildman–Crippen MR) is 54.7 cm³/mol. The molecule has 0 aromatic carbocycles. The van der Waals surface area contributed by atoms with Crippen molar-refractivity contribution in [2.24, 2.45) is 0 Å². The Morgan fingerprint density at radius 1 is 1.53 bits per heavy atom. The average molecular weight is 208 g/mol. The molecule has 0 saturated carbocycles. The van der Waals surface area contributed by atoms with Crippen LogP contribution in [-0.4, -0.2) is 24.2 Å². The molecule has 0 heterocycles. The minimum absolute atomic E-state index is 0.0732. The summed E-state index contributed by atoms with van der Waals surface area (Å²) in [6.45, 7) is 3.57. The largest absolute Gasteiger partial charge is 0.450 e. The van der Waals surface area contributed by atoms with Gasteiger partial charge in [0, 0.05) is 0 Å². The van der Waals surface area contributed by atoms with E-state index in [0.717, 1.165) is 0 Å². The molecular weight excluding hydrogens is 196 g/mol. The molecule has 1 aliphatic rings. The maximum Gasteiger partial charge on any atom is 0.411 e. The molecule has 0 unspecified atom stereocenters. The lowest BCUT2D eigenvalue weighted by atomic mass is 10.0. The molecule has 5 heteroatoms. The van der Waals surface area contributed by atoms with Gasteiger partial charge in [0.15, 0.2) is 0 Å². The van der Waals surface area contributed by atoms with Gasteiger partial charge < -0.3 is 10.1 Å². The van der Waals surface area contributed by atoms with E-state index in [2.05, 4.69) is 10.1 Å². The minimum Gasteiger partial charge on any atom is -0.450 e. The number of carbonyl (C=O) groups excluding carboxylic acids is 2. The van der Waals surface area contributed by atoms with Crippen molar-refractivity contribution in [1.82, 2.24) is 5.32 Å². The van der Waals surface area contributed by atoms with Crippen molar-refractivity contribution < 1.29 is 14.3 Å². The van der Waals surface area contributed by atoms with Crippen LogP contribution in [0.1, 0.15) is 13.8 Å². The first-order valence-corrected chi connectivity index (χ1v) is 4.51. The summed E-state index contributed by atoms with van der Waals surface area (Å²) < 4.78 is 4.62. The van der Waals surface area contributed by atoms with Crippen LogP contribution in [0.4, 0.5) is 4.79 Å². The summed E-state index contributed by atoms with van der Waals surface area (Å²) in [6, 6.07) is 0. The third-order valence-corrected chi connectivity index (χ3v) is 1.84. The van der Waals surface area contributed by atoms with Gasteiger partial charge in [-0.15, -0.1) is 0 Å². The predicted octanol–water partition coefficient (Wildman–Crippen LogP) is 1.17. The zero-order chi connectivity index (χ0) is 11.4. The zero-order valence-electron chi connectivity index (χ0n) is 8.59. The summed E-state index contributed by atoms with van der Waals surface area (Å²) in [7, 11) is 0. The number of carbonyl (C=O) groups is 2. The molecule has 0 aliphatic heterocycles. The van der Waals surface area contributed by atoms with Crippen LogP contribution in [0.15, 0.2) is 23.4 Å². The molecule has 1 aliphatic carbocycles. The Morgan fingerprint density at radius 3 is 2.80 bits per heavy atom. The van der Waals surface area contributed by atoms with E-state index in [-0.39, 0.29) is 23.8 Å². The van der Waals surface area contributed by atoms with Crippen molar-refractivity contribution in [2.45, 2.75) is 13.8 Å². The first-order valence-electron chi connectivity index (χ1n) is 4.51. The molecule has 80 valence electrons. The van der Waals surface area contributed by atoms with Crippen LogP contribution in [0.3, 0.4) is 0 Å². The molecule has 0 spiro atoms. The van der Waals surface area contributed by atoms with Gasteiger partial charge >= 0.3 is 6.09 Å². The molecule has 0 fully saturated rings. The second-order valence-electron chi connectivity index (χ2n) is 3.01. The summed E-state index contributed by atoms with van der Waals surface area (Å²) >= 11 is 0. The van der Waals surface area contributed by atoms with E-state index in [4.69, 9.17) is 5.41 Å². The molecule has 0 aromatic heterocycles. The molecule has 2 N–H and O–H groups in total. The highest BCUT2D eigenvalue weighted by Crippen LogP contribution is 2.09. The monoisotopic (exact) mass is 208 g/mol. The molecule has 0 saturated heterocycles. The molecule has 1 amide bonds. The van der Waals surface area contributed by atoms with Gasteiger partial charge in [0.2, 0.25) is 5.78 Å². The Labute approximate surface area is 87.3 Å². The number of alkyl carbamates (subject to hydrolysis) is 1. The lowest BCUT2D eigenvalue weighted by Crippen LogP contribution is -2.29. The first-order chi connectivity index (χ1) is 7.04. The number of rotatable bonds is 2. The first kappa shape index (κ1) is 11.2. The number of nitrogens with one attached hydrogen (secondary N) is 2. The van der Waals surface area contributed by atoms with Crippen LogP contribution in [-0.2, 0) is 9.53 Å². The molecule has 0 aromatic rings. The average Bonchev–Trinajstić information content (AvgIpc) is 2.14. The lowest BCUT2D eigenvalue weighted by Gasteiger charge is -2.11. The molecule has 15 heavy (non-hydrogen) atoms. The van der Waals surface area contributed by atoms with Crippen molar-refractivity contribution in [3.8, 4) is 0 Å². The molecule has 0 atom stereocenters. The number of allylic oxidation sites excluding steroid dienone is 3. The van der Waals surface area contributed by atoms with Crippen molar-refractivity contribution >= 4 is 17.6 Å². The van der Waals surface area contributed by atoms with E-state index in [0.29, 0.717) is 5.57 Å². The number of amides is 1. The molecular formula is C10H12N2O3. The fraction of sp³-hybridized carbons (Fsp3) is 0.300. The maximum absolute atomic E-state index is 11.4. The summed E-state index contributed by atoms with van der Waals surface area (Å²) in [5, 5.41) is 9.76. The SMILES string of the molecule is CCOC(=O)NC1=CC(=N)C(C)=CC1=O. The van der Waals surface area contributed by atoms with Crippen LogP contribution in [0.25, 0.3) is 0 Å². The van der Waals surface area contributed by atoms with Crippen LogP contribution in [0.5, 0.6) is 0 Å². The van der Waals surface area contributed by atoms with Gasteiger partial charge in [-0.1, -0.05) is 0 Å². The maximum atomic E-state index is 11.4. The van der Waals surface area contributed by atoms with Gasteiger partial charge in [0.25, 0.3) is 0 Å². The number of ketones is 1. The number of ether oxygens (including phenoxy) is 1. The van der Waals surface area contributed by atoms with Gasteiger partial charge in [-0.25, -0.2) is 4.79 Å². The Morgan fingerprint density at radius 2 is 2.20 bits per heavy atom. The highest BCUT2D eigenvalue weighted by atomic mass is 16.5. The third kappa shape index (κ3) is 2.77. The zero-order valence-corrected chi connectivity index (χ0v) is 8.59. The van der Waals surface area contributed by atoms with Gasteiger partial charge in [-0.3, -0.25) is 10.1 Å². The van der Waals surface area contributed by atoms with Gasteiger partial charge in [-0.2, -0.15) is 0 Å². The smallest absolute Gasteiger partial charge is 0.411 e. The Kier molecular flexibility index (Phi) is 3.38. The van der Waals surface area contributed by atoms with Crippen molar-refractivity contribution in [1.29, 1.82) is 5.41 Å². The second-order valence-corrected chi connectivity index (χ2v) is 3.01. The summed E-state index contributed by atoms with van der Waals surface area (Å²) in [5.41, 5.74) is 0.861. The second kappa shape index (κ2) is 4.54. The van der Waals surface area contributed by atoms with E-state index < -0.39 is 6.09 Å². The summed E-state index contributed by atoms with van der Waals surface area (Å²) in [4.78, 5) is 22.4. The van der Waals surface area contributed by atoms with Gasteiger partial charge in [0.05, 0.1) is 18.0 Å². The topological polar surface area (TPSA) is 79.2 Å². The highest BCUT2D eigenvalue weighted by Gasteiger charge is 2.17. The normalized spacial score (nSPS) is 15.6. The van der Waals surface area contributed by atoms with E-state index in [1.54, 1.807) is 13.8 Å². The van der Waals surface area contributed by atoms with Crippen molar-refractivity contribution in [3.63, 3.8) is 0 Å². The van der Waals surface area contributed by atoms with Gasteiger partial charge in [-0.05, 0) is 31.6 Å². The van der Waals surface area contributed by atoms with E-state index in [1.807, 2.05) is 0 Å². The standard InChI is InChI=1S/C10H12N2O3/c1-3-15-10(14)12-8-5-7(11)6(2)4-9(8)13/h4-5,11H,3H2,1-2H3,(H,12,14). The van der Waals surface area contributed by atoms with Crippen LogP contribution in [0, 0.1) is 5.41 Å². The molecule has 5 nitrogen and oxygen atoms in total. The van der Waals surface area contributed by atoms with E-state index in [1.165, 1.54) is 12.2 Å². The Bertz CT molecular complexity index is 380. The van der Waals surface area contributed by atoms with Crippen LogP contribution >= 0.6 is 0 Å². The van der Waals surface area contributed by atoms with Crippen LogP contribution < -0.4 is 5.32 Å². The quantitative estimate of drug-likeness (QED) is 0.668. The van der Waals surface area contributed by atoms with E-state index >= 15 is 0 Å². The summed E-state index contributed by atoms with van der Waals surface area (Å²) in [6.07, 6.45) is 1.94. The van der Waals surface area contributed by atoms with Crippen LogP contribution in [0.2, 0.25) is 0 Å². The molecule has 1 rings (SSSR count). The Balaban J connectivity index is 2.72. The minimum atomic E-state index is -0.683. The lowest BCUT2D eigenvalue weighted by molar-refractivity contribution is -0.111. The fourth-order valence-corrected chi connectivity index (χ4v) is 1.06. The number of hydrogen-bond acceptors (Lipinski definition) is 4. The third-order valence-electron chi connectivity index (χ3n) is 1.84. The molecule has 0 radical (unpaired) electrons. The highest BCUT2D eigenvalue weighted by molar-refractivity contribution is 6.21. The van der Waals surface area contributed by atoms with Gasteiger partial charge in [0.1, 0.15) is 0 Å². The Hall–Kier alpha value is -1.91. The molecule has 0 bridgehead atoms. The van der Waals surface area contributed by atoms with Crippen molar-refractivity contribution in [2.75, 3.05) is 6.61 Å². The van der Waals surface area contributed by atoms with Crippen molar-refractivity contribution in [3.05, 3.63) is 23.4 Å².